The zero-order chi connectivity index (χ0) is 46.3. The molecule has 4 aliphatic carbocycles. The lowest BCUT2D eigenvalue weighted by Gasteiger charge is -2.63. The van der Waals surface area contributed by atoms with Crippen molar-refractivity contribution in [1.82, 2.24) is 5.32 Å². The number of halogens is 1. The van der Waals surface area contributed by atoms with Gasteiger partial charge < -0.3 is 44.3 Å². The van der Waals surface area contributed by atoms with Gasteiger partial charge in [0.2, 0.25) is 0 Å². The van der Waals surface area contributed by atoms with Gasteiger partial charge in [-0.25, -0.2) is 9.59 Å². The molecule has 338 valence electrons. The molecule has 1 saturated heterocycles. The van der Waals surface area contributed by atoms with E-state index in [4.69, 9.17) is 35.3 Å². The molecule has 8 rings (SSSR count). The smallest absolute Gasteiger partial charge is 0.338 e. The summed E-state index contributed by atoms with van der Waals surface area (Å²) in [5.74, 6) is -8.27. The molecule has 3 aromatic carbocycles. The lowest BCUT2D eigenvalue weighted by atomic mass is 9.45. The number of fused-ring (bicyclic) bond motifs is 5. The van der Waals surface area contributed by atoms with Gasteiger partial charge in [0.1, 0.15) is 23.4 Å². The van der Waals surface area contributed by atoms with Gasteiger partial charge in [-0.1, -0.05) is 74.0 Å². The van der Waals surface area contributed by atoms with Crippen molar-refractivity contribution in [2.75, 3.05) is 6.61 Å². The number of ether oxygens (including phenoxy) is 5. The standard InChI is InChI=1S/C48H50ClNO14/c1-23-30(62-44(58)35(53)34(26-13-9-7-10-14-26)50-42(56)27-17-19-29(49)20-18-27)21-48(59)41(63-43(57)28-15-11-8-12-16-28)38-46(6,40(55)37(61-24(2)51)32(23)45(48,4)5)39(54)31-33-36(31)60-22-47(33,38)64-25(3)52/h7-20,30-31,33-39,41,53-54,59H,21-22H2,1-6H3,(H,50,56)/t30-,31?,33-,34-,35+,36-,37+,38-,39-,41-,46-,47-,48+/m0/s1. The van der Waals surface area contributed by atoms with E-state index in [0.717, 1.165) is 6.92 Å². The normalized spacial score (nSPS) is 34.1. The van der Waals surface area contributed by atoms with E-state index in [9.17, 15) is 39.3 Å². The first-order valence-electron chi connectivity index (χ1n) is 21.1. The van der Waals surface area contributed by atoms with Crippen LogP contribution in [0.4, 0.5) is 0 Å². The van der Waals surface area contributed by atoms with Gasteiger partial charge in [0.05, 0.1) is 41.8 Å². The Balaban J connectivity index is 1.27. The van der Waals surface area contributed by atoms with Gasteiger partial charge in [-0.3, -0.25) is 19.2 Å². The highest BCUT2D eigenvalue weighted by atomic mass is 35.5. The fraction of sp³-hybridized carbons (Fsp3) is 0.458. The average molecular weight is 900 g/mol. The molecular weight excluding hydrogens is 850 g/mol. The van der Waals surface area contributed by atoms with E-state index in [1.54, 1.807) is 62.4 Å². The molecule has 5 aliphatic rings. The number of aliphatic hydroxyl groups is 3. The molecule has 4 N–H and O–H groups in total. The van der Waals surface area contributed by atoms with Crippen LogP contribution in [0.1, 0.15) is 80.3 Å². The summed E-state index contributed by atoms with van der Waals surface area (Å²) in [6.07, 6.45) is -9.97. The SMILES string of the molecule is CC(=O)O[C@H]1C(=O)[C@@]2(C)[C@H]([C@H](OC(=O)c3ccccc3)[C@]3(O)C[C@H](OC(=O)[C@H](O)[C@@H](NC(=O)c4ccc(Cl)cc4)c4ccccc4)C(C)=C1C3(C)C)[C@]1(OC(C)=O)CO[C@H]3C([C@@H]31)[C@@H]2O. The van der Waals surface area contributed by atoms with Crippen LogP contribution in [0.3, 0.4) is 0 Å². The van der Waals surface area contributed by atoms with E-state index in [2.05, 4.69) is 5.32 Å². The van der Waals surface area contributed by atoms with Crippen LogP contribution < -0.4 is 5.32 Å². The summed E-state index contributed by atoms with van der Waals surface area (Å²) in [6, 6.07) is 20.7. The van der Waals surface area contributed by atoms with Crippen molar-refractivity contribution in [2.45, 2.75) is 102 Å². The summed E-state index contributed by atoms with van der Waals surface area (Å²) in [4.78, 5) is 84.2. The molecule has 1 aliphatic heterocycles. The Kier molecular flexibility index (Phi) is 11.4. The first-order valence-corrected chi connectivity index (χ1v) is 21.5. The molecule has 64 heavy (non-hydrogen) atoms. The first kappa shape index (κ1) is 45.1. The molecular formula is C48H50ClNO14. The molecule has 1 heterocycles. The minimum absolute atomic E-state index is 0.00195. The van der Waals surface area contributed by atoms with Crippen molar-refractivity contribution in [3.63, 3.8) is 0 Å². The zero-order valence-electron chi connectivity index (χ0n) is 36.0. The molecule has 13 atom stereocenters. The maximum atomic E-state index is 15.7. The monoisotopic (exact) mass is 899 g/mol. The second-order valence-electron chi connectivity index (χ2n) is 18.3. The molecule has 0 spiro atoms. The van der Waals surface area contributed by atoms with E-state index < -0.39 is 124 Å². The second-order valence-corrected chi connectivity index (χ2v) is 18.7. The van der Waals surface area contributed by atoms with Gasteiger partial charge in [0.25, 0.3) is 5.91 Å². The number of nitrogens with one attached hydrogen (secondary N) is 1. The second kappa shape index (κ2) is 16.2. The van der Waals surface area contributed by atoms with E-state index in [-0.39, 0.29) is 28.9 Å². The molecule has 1 amide bonds. The summed E-state index contributed by atoms with van der Waals surface area (Å²) >= 11 is 6.04. The highest BCUT2D eigenvalue weighted by Crippen LogP contribution is 2.72. The van der Waals surface area contributed by atoms with Crippen molar-refractivity contribution in [2.24, 2.45) is 28.6 Å². The minimum Gasteiger partial charge on any atom is -0.456 e. The average Bonchev–Trinajstić information content (AvgIpc) is 3.89. The number of rotatable bonds is 10. The molecule has 4 fully saturated rings. The quantitative estimate of drug-likeness (QED) is 0.127. The number of carbonyl (C=O) groups excluding carboxylic acids is 6. The van der Waals surface area contributed by atoms with Crippen molar-refractivity contribution >= 4 is 47.2 Å². The predicted molar refractivity (Wildman–Crippen MR) is 225 cm³/mol. The highest BCUT2D eigenvalue weighted by molar-refractivity contribution is 6.30. The fourth-order valence-electron chi connectivity index (χ4n) is 11.3. The fourth-order valence-corrected chi connectivity index (χ4v) is 11.4. The molecule has 3 saturated carbocycles. The number of hydrogen-bond acceptors (Lipinski definition) is 14. The minimum atomic E-state index is -2.40. The number of esters is 4. The van der Waals surface area contributed by atoms with E-state index in [1.807, 2.05) is 0 Å². The Labute approximate surface area is 374 Å². The summed E-state index contributed by atoms with van der Waals surface area (Å²) in [6.45, 7) is 8.07. The maximum Gasteiger partial charge on any atom is 0.338 e. The van der Waals surface area contributed by atoms with Crippen molar-refractivity contribution < 1.29 is 67.8 Å². The molecule has 2 bridgehead atoms. The van der Waals surface area contributed by atoms with Crippen LogP contribution in [0.15, 0.2) is 96.1 Å². The molecule has 16 heteroatoms. The van der Waals surface area contributed by atoms with Gasteiger partial charge in [-0.2, -0.15) is 0 Å². The van der Waals surface area contributed by atoms with E-state index in [1.165, 1.54) is 57.2 Å². The van der Waals surface area contributed by atoms with Crippen LogP contribution in [-0.2, 0) is 42.9 Å². The molecule has 0 radical (unpaired) electrons. The summed E-state index contributed by atoms with van der Waals surface area (Å²) in [7, 11) is 0. The largest absolute Gasteiger partial charge is 0.456 e. The lowest BCUT2D eigenvalue weighted by molar-refractivity contribution is -0.270. The number of amides is 1. The third-order valence-corrected chi connectivity index (χ3v) is 14.7. The third kappa shape index (κ3) is 7.03. The van der Waals surface area contributed by atoms with Crippen LogP contribution in [-0.4, -0.2) is 105 Å². The van der Waals surface area contributed by atoms with Crippen molar-refractivity contribution in [3.8, 4) is 0 Å². The van der Waals surface area contributed by atoms with E-state index >= 15 is 4.79 Å². The van der Waals surface area contributed by atoms with Crippen LogP contribution in [0.5, 0.6) is 0 Å². The van der Waals surface area contributed by atoms with Crippen molar-refractivity contribution in [1.29, 1.82) is 0 Å². The van der Waals surface area contributed by atoms with E-state index in [0.29, 0.717) is 10.6 Å². The Morgan fingerprint density at radius 1 is 0.859 bits per heavy atom. The third-order valence-electron chi connectivity index (χ3n) is 14.4. The number of ketones is 1. The van der Waals surface area contributed by atoms with Gasteiger partial charge in [-0.05, 0) is 67.0 Å². The Morgan fingerprint density at radius 2 is 1.48 bits per heavy atom. The van der Waals surface area contributed by atoms with Gasteiger partial charge in [0, 0.05) is 48.1 Å². The van der Waals surface area contributed by atoms with Crippen molar-refractivity contribution in [3.05, 3.63) is 118 Å². The van der Waals surface area contributed by atoms with Crippen LogP contribution >= 0.6 is 11.6 Å². The lowest BCUT2D eigenvalue weighted by Crippen LogP contribution is -2.76. The number of carbonyl (C=O) groups is 6. The van der Waals surface area contributed by atoms with Gasteiger partial charge in [0.15, 0.2) is 18.0 Å². The van der Waals surface area contributed by atoms with Crippen LogP contribution in [0.25, 0.3) is 0 Å². The first-order chi connectivity index (χ1) is 30.2. The van der Waals surface area contributed by atoms with Crippen LogP contribution in [0.2, 0.25) is 5.02 Å². The Morgan fingerprint density at radius 3 is 2.09 bits per heavy atom. The van der Waals surface area contributed by atoms with Crippen LogP contribution in [0, 0.1) is 28.6 Å². The number of aliphatic hydroxyl groups excluding tert-OH is 2. The number of hydrogen-bond donors (Lipinski definition) is 4. The predicted octanol–water partition coefficient (Wildman–Crippen LogP) is 4.25. The maximum absolute atomic E-state index is 15.7. The van der Waals surface area contributed by atoms with Gasteiger partial charge >= 0.3 is 23.9 Å². The molecule has 0 aromatic heterocycles. The van der Waals surface area contributed by atoms with Gasteiger partial charge in [-0.15, -0.1) is 0 Å². The molecule has 1 unspecified atom stereocenters. The summed E-state index contributed by atoms with van der Waals surface area (Å²) < 4.78 is 30.8. The highest BCUT2D eigenvalue weighted by Gasteiger charge is 2.86. The molecule has 3 aromatic rings. The molecule has 15 nitrogen and oxygen atoms in total. The Hall–Kier alpha value is -5.45. The Bertz CT molecular complexity index is 2420. The topological polar surface area (TPSA) is 221 Å². The number of Topliss-reactive ketones (excluding diaryl/α,β-unsaturated/α-hetero) is 1. The zero-order valence-corrected chi connectivity index (χ0v) is 36.7. The number of benzene rings is 3. The summed E-state index contributed by atoms with van der Waals surface area (Å²) in [5.41, 5.74) is -7.13. The summed E-state index contributed by atoms with van der Waals surface area (Å²) in [5, 5.41) is 41.1.